The summed E-state index contributed by atoms with van der Waals surface area (Å²) < 4.78 is 1.85. The molecule has 2 rings (SSSR count). The number of hydrogen-bond donors (Lipinski definition) is 0. The summed E-state index contributed by atoms with van der Waals surface area (Å²) in [6.07, 6.45) is 0. The Bertz CT molecular complexity index is 470. The quantitative estimate of drug-likeness (QED) is 0.608. The number of fused-ring (bicyclic) bond motifs is 1. The third-order valence-corrected chi connectivity index (χ3v) is 2.35. The van der Waals surface area contributed by atoms with E-state index in [0.717, 1.165) is 22.7 Å². The third kappa shape index (κ3) is 1.02. The van der Waals surface area contributed by atoms with E-state index in [0.29, 0.717) is 0 Å². The average molecular weight is 176 g/mol. The van der Waals surface area contributed by atoms with Crippen molar-refractivity contribution in [2.24, 2.45) is 0 Å². The maximum absolute atomic E-state index is 4.39. The summed E-state index contributed by atoms with van der Waals surface area (Å²) in [6, 6.07) is 0. The Morgan fingerprint density at radius 2 is 1.62 bits per heavy atom. The van der Waals surface area contributed by atoms with Gasteiger partial charge in [0.25, 0.3) is 0 Å². The second kappa shape index (κ2) is 2.52. The van der Waals surface area contributed by atoms with Crippen molar-refractivity contribution in [1.82, 2.24) is 19.8 Å². The van der Waals surface area contributed by atoms with Crippen molar-refractivity contribution in [3.8, 4) is 0 Å². The van der Waals surface area contributed by atoms with Gasteiger partial charge in [-0.2, -0.15) is 10.2 Å². The first kappa shape index (κ1) is 8.16. The highest BCUT2D eigenvalue weighted by Gasteiger charge is 2.10. The first-order valence-electron chi connectivity index (χ1n) is 4.27. The van der Waals surface area contributed by atoms with Gasteiger partial charge < -0.3 is 0 Å². The molecule has 0 fully saturated rings. The van der Waals surface area contributed by atoms with Gasteiger partial charge >= 0.3 is 0 Å². The lowest BCUT2D eigenvalue weighted by atomic mass is 10.2. The maximum Gasteiger partial charge on any atom is 0.150 e. The highest BCUT2D eigenvalue weighted by molar-refractivity contribution is 5.58. The van der Waals surface area contributed by atoms with Crippen LogP contribution in [0.25, 0.3) is 5.52 Å². The lowest BCUT2D eigenvalue weighted by Gasteiger charge is -1.99. The highest BCUT2D eigenvalue weighted by atomic mass is 15.3. The fraction of sp³-hybridized carbons (Fsp3) is 0.444. The molecule has 0 radical (unpaired) electrons. The van der Waals surface area contributed by atoms with E-state index in [4.69, 9.17) is 0 Å². The molecule has 4 nitrogen and oxygen atoms in total. The molecule has 0 aromatic carbocycles. The van der Waals surface area contributed by atoms with E-state index in [1.54, 1.807) is 0 Å². The summed E-state index contributed by atoms with van der Waals surface area (Å²) in [5.41, 5.74) is 4.25. The van der Waals surface area contributed by atoms with E-state index >= 15 is 0 Å². The van der Waals surface area contributed by atoms with Gasteiger partial charge in [0.05, 0.1) is 16.9 Å². The van der Waals surface area contributed by atoms with Crippen LogP contribution >= 0.6 is 0 Å². The van der Waals surface area contributed by atoms with E-state index in [9.17, 15) is 0 Å². The van der Waals surface area contributed by atoms with Crippen LogP contribution in [0, 0.1) is 27.7 Å². The predicted molar refractivity (Wildman–Crippen MR) is 49.7 cm³/mol. The van der Waals surface area contributed by atoms with Crippen molar-refractivity contribution in [2.75, 3.05) is 0 Å². The minimum absolute atomic E-state index is 0.830. The van der Waals surface area contributed by atoms with Gasteiger partial charge in [-0.3, -0.25) is 0 Å². The number of aryl methyl sites for hydroxylation is 4. The molecule has 68 valence electrons. The molecule has 0 aliphatic carbocycles. The monoisotopic (exact) mass is 176 g/mol. The third-order valence-electron chi connectivity index (χ3n) is 2.35. The Morgan fingerprint density at radius 3 is 2.23 bits per heavy atom. The second-order valence-electron chi connectivity index (χ2n) is 3.30. The molecule has 0 saturated carbocycles. The van der Waals surface area contributed by atoms with Gasteiger partial charge in [0, 0.05) is 0 Å². The molecule has 13 heavy (non-hydrogen) atoms. The van der Waals surface area contributed by atoms with E-state index in [1.807, 2.05) is 25.3 Å². The zero-order valence-corrected chi connectivity index (χ0v) is 8.29. The molecule has 2 aromatic rings. The zero-order valence-electron chi connectivity index (χ0n) is 8.29. The summed E-state index contributed by atoms with van der Waals surface area (Å²) in [7, 11) is 0. The minimum Gasteiger partial charge on any atom is -0.215 e. The Morgan fingerprint density at radius 1 is 0.923 bits per heavy atom. The molecule has 0 aliphatic rings. The SMILES string of the molecule is Cc1nn2c(C)nnc(C)c2c1C. The first-order valence-corrected chi connectivity index (χ1v) is 4.27. The van der Waals surface area contributed by atoms with Crippen molar-refractivity contribution in [1.29, 1.82) is 0 Å². The number of hydrogen-bond acceptors (Lipinski definition) is 3. The fourth-order valence-corrected chi connectivity index (χ4v) is 1.50. The zero-order chi connectivity index (χ0) is 9.59. The summed E-state index contributed by atoms with van der Waals surface area (Å²) in [4.78, 5) is 0. The van der Waals surface area contributed by atoms with Crippen LogP contribution in [-0.2, 0) is 0 Å². The predicted octanol–water partition coefficient (Wildman–Crippen LogP) is 1.36. The molecule has 0 spiro atoms. The summed E-state index contributed by atoms with van der Waals surface area (Å²) in [5, 5.41) is 12.5. The topological polar surface area (TPSA) is 43.1 Å². The average Bonchev–Trinajstić information content (AvgIpc) is 2.38. The smallest absolute Gasteiger partial charge is 0.150 e. The molecule has 2 heterocycles. The van der Waals surface area contributed by atoms with Gasteiger partial charge in [0.1, 0.15) is 5.82 Å². The standard InChI is InChI=1S/C9H12N4/c1-5-6(2)12-13-8(4)11-10-7(3)9(5)13/h1-4H3. The van der Waals surface area contributed by atoms with Crippen molar-refractivity contribution in [3.05, 3.63) is 22.8 Å². The molecular weight excluding hydrogens is 164 g/mol. The molecule has 0 saturated heterocycles. The van der Waals surface area contributed by atoms with E-state index in [-0.39, 0.29) is 0 Å². The van der Waals surface area contributed by atoms with Crippen LogP contribution in [0.3, 0.4) is 0 Å². The van der Waals surface area contributed by atoms with Crippen LogP contribution in [0.5, 0.6) is 0 Å². The lowest BCUT2D eigenvalue weighted by Crippen LogP contribution is -2.01. The number of rotatable bonds is 0. The molecule has 0 N–H and O–H groups in total. The molecule has 0 amide bonds. The molecule has 0 unspecified atom stereocenters. The Hall–Kier alpha value is -1.45. The second-order valence-corrected chi connectivity index (χ2v) is 3.30. The van der Waals surface area contributed by atoms with Crippen LogP contribution in [0.15, 0.2) is 0 Å². The van der Waals surface area contributed by atoms with Gasteiger partial charge in [-0.25, -0.2) is 4.52 Å². The molecular formula is C9H12N4. The van der Waals surface area contributed by atoms with Gasteiger partial charge in [-0.05, 0) is 33.3 Å². The maximum atomic E-state index is 4.39. The van der Waals surface area contributed by atoms with Crippen LogP contribution in [0.4, 0.5) is 0 Å². The molecule has 2 aromatic heterocycles. The van der Waals surface area contributed by atoms with Crippen molar-refractivity contribution >= 4 is 5.52 Å². The van der Waals surface area contributed by atoms with Crippen LogP contribution < -0.4 is 0 Å². The van der Waals surface area contributed by atoms with Gasteiger partial charge in [-0.15, -0.1) is 5.10 Å². The van der Waals surface area contributed by atoms with E-state index < -0.39 is 0 Å². The van der Waals surface area contributed by atoms with Gasteiger partial charge in [0.15, 0.2) is 0 Å². The lowest BCUT2D eigenvalue weighted by molar-refractivity contribution is 0.786. The van der Waals surface area contributed by atoms with Crippen molar-refractivity contribution in [2.45, 2.75) is 27.7 Å². The summed E-state index contributed by atoms with van der Waals surface area (Å²) in [6.45, 7) is 7.92. The normalized spacial score (nSPS) is 11.1. The minimum atomic E-state index is 0.830. The largest absolute Gasteiger partial charge is 0.215 e. The molecule has 0 aliphatic heterocycles. The summed E-state index contributed by atoms with van der Waals surface area (Å²) in [5.74, 6) is 0.830. The Kier molecular flexibility index (Phi) is 1.58. The molecule has 0 bridgehead atoms. The van der Waals surface area contributed by atoms with Gasteiger partial charge in [-0.1, -0.05) is 0 Å². The summed E-state index contributed by atoms with van der Waals surface area (Å²) >= 11 is 0. The van der Waals surface area contributed by atoms with Crippen LogP contribution in [-0.4, -0.2) is 19.8 Å². The van der Waals surface area contributed by atoms with Gasteiger partial charge in [0.2, 0.25) is 0 Å². The molecule has 4 heteroatoms. The number of nitrogens with zero attached hydrogens (tertiary/aromatic N) is 4. The molecule has 0 atom stereocenters. The highest BCUT2D eigenvalue weighted by Crippen LogP contribution is 2.16. The van der Waals surface area contributed by atoms with Crippen molar-refractivity contribution < 1.29 is 0 Å². The number of aromatic nitrogens is 4. The fourth-order valence-electron chi connectivity index (χ4n) is 1.50. The Balaban J connectivity index is 3.00. The van der Waals surface area contributed by atoms with E-state index in [1.165, 1.54) is 5.56 Å². The Labute approximate surface area is 76.6 Å². The van der Waals surface area contributed by atoms with Crippen LogP contribution in [0.1, 0.15) is 22.8 Å². The van der Waals surface area contributed by atoms with Crippen LogP contribution in [0.2, 0.25) is 0 Å². The van der Waals surface area contributed by atoms with E-state index in [2.05, 4.69) is 22.2 Å². The first-order chi connectivity index (χ1) is 6.11. The van der Waals surface area contributed by atoms with Crippen molar-refractivity contribution in [3.63, 3.8) is 0 Å².